The predicted octanol–water partition coefficient (Wildman–Crippen LogP) is 2.26. The minimum Gasteiger partial charge on any atom is -0.369 e. The highest BCUT2D eigenvalue weighted by Gasteiger charge is 2.31. The van der Waals surface area contributed by atoms with Gasteiger partial charge in [-0.1, -0.05) is 42.5 Å². The zero-order chi connectivity index (χ0) is 19.7. The first-order valence-electron chi connectivity index (χ1n) is 10.2. The van der Waals surface area contributed by atoms with Gasteiger partial charge in [0.1, 0.15) is 0 Å². The molecule has 2 aliphatic rings. The van der Waals surface area contributed by atoms with Crippen LogP contribution in [-0.2, 0) is 11.3 Å². The van der Waals surface area contributed by atoms with Crippen LogP contribution in [-0.4, -0.2) is 61.5 Å². The zero-order valence-corrected chi connectivity index (χ0v) is 16.8. The van der Waals surface area contributed by atoms with Gasteiger partial charge in [0.05, 0.1) is 6.54 Å². The Hall–Kier alpha value is -2.37. The van der Waals surface area contributed by atoms with Gasteiger partial charge in [-0.3, -0.25) is 9.69 Å². The molecule has 2 heterocycles. The largest absolute Gasteiger partial charge is 0.369 e. The molecule has 0 aromatic heterocycles. The summed E-state index contributed by atoms with van der Waals surface area (Å²) in [5, 5.41) is 0. The SMILES string of the molecule is CC1CN(CC(N)=O)CCN1c1cccc2c1CN(C)CC2c1ccccc1. The number of nitrogens with zero attached hydrogens (tertiary/aromatic N) is 3. The summed E-state index contributed by atoms with van der Waals surface area (Å²) in [4.78, 5) is 18.4. The quantitative estimate of drug-likeness (QED) is 0.887. The maximum atomic E-state index is 11.3. The van der Waals surface area contributed by atoms with E-state index in [1.165, 1.54) is 22.4 Å². The molecular weight excluding hydrogens is 348 g/mol. The van der Waals surface area contributed by atoms with E-state index in [-0.39, 0.29) is 5.91 Å². The van der Waals surface area contributed by atoms with Crippen LogP contribution in [0.25, 0.3) is 0 Å². The van der Waals surface area contributed by atoms with Gasteiger partial charge < -0.3 is 15.5 Å². The van der Waals surface area contributed by atoms with Crippen LogP contribution in [0.4, 0.5) is 5.69 Å². The van der Waals surface area contributed by atoms with Crippen LogP contribution in [0.2, 0.25) is 0 Å². The van der Waals surface area contributed by atoms with Crippen LogP contribution in [0.15, 0.2) is 48.5 Å². The smallest absolute Gasteiger partial charge is 0.231 e. The molecule has 2 unspecified atom stereocenters. The van der Waals surface area contributed by atoms with Crippen LogP contribution < -0.4 is 10.6 Å². The minimum absolute atomic E-state index is 0.245. The van der Waals surface area contributed by atoms with Crippen LogP contribution in [0, 0.1) is 0 Å². The van der Waals surface area contributed by atoms with Crippen molar-refractivity contribution in [3.05, 3.63) is 65.2 Å². The zero-order valence-electron chi connectivity index (χ0n) is 16.8. The molecule has 2 aromatic carbocycles. The number of rotatable bonds is 4. The number of fused-ring (bicyclic) bond motifs is 1. The fourth-order valence-corrected chi connectivity index (χ4v) is 4.83. The highest BCUT2D eigenvalue weighted by molar-refractivity contribution is 5.76. The summed E-state index contributed by atoms with van der Waals surface area (Å²) in [5.41, 5.74) is 11.0. The summed E-state index contributed by atoms with van der Waals surface area (Å²) >= 11 is 0. The molecule has 5 nitrogen and oxygen atoms in total. The summed E-state index contributed by atoms with van der Waals surface area (Å²) < 4.78 is 0. The maximum Gasteiger partial charge on any atom is 0.231 e. The molecule has 0 radical (unpaired) electrons. The van der Waals surface area contributed by atoms with Crippen LogP contribution in [0.5, 0.6) is 0 Å². The van der Waals surface area contributed by atoms with E-state index in [0.717, 1.165) is 32.7 Å². The lowest BCUT2D eigenvalue weighted by molar-refractivity contribution is -0.119. The van der Waals surface area contributed by atoms with E-state index in [0.29, 0.717) is 18.5 Å². The van der Waals surface area contributed by atoms with Crippen molar-refractivity contribution in [3.63, 3.8) is 0 Å². The molecule has 2 N–H and O–H groups in total. The second-order valence-electron chi connectivity index (χ2n) is 8.25. The normalized spacial score (nSPS) is 23.4. The predicted molar refractivity (Wildman–Crippen MR) is 114 cm³/mol. The van der Waals surface area contributed by atoms with Crippen molar-refractivity contribution >= 4 is 11.6 Å². The third-order valence-electron chi connectivity index (χ3n) is 6.09. The fraction of sp³-hybridized carbons (Fsp3) is 0.435. The number of carbonyl (C=O) groups is 1. The maximum absolute atomic E-state index is 11.3. The summed E-state index contributed by atoms with van der Waals surface area (Å²) in [6.45, 7) is 7.27. The average molecular weight is 379 g/mol. The summed E-state index contributed by atoms with van der Waals surface area (Å²) in [7, 11) is 2.21. The van der Waals surface area contributed by atoms with Crippen LogP contribution >= 0.6 is 0 Å². The third-order valence-corrected chi connectivity index (χ3v) is 6.09. The van der Waals surface area contributed by atoms with Crippen molar-refractivity contribution in [3.8, 4) is 0 Å². The first-order valence-corrected chi connectivity index (χ1v) is 10.2. The summed E-state index contributed by atoms with van der Waals surface area (Å²) in [6.07, 6.45) is 0. The van der Waals surface area contributed by atoms with Gasteiger partial charge >= 0.3 is 0 Å². The number of piperazine rings is 1. The molecule has 0 bridgehead atoms. The second kappa shape index (κ2) is 7.94. The van der Waals surface area contributed by atoms with Gasteiger partial charge in [-0.05, 0) is 36.7 Å². The molecule has 0 aliphatic carbocycles. The number of amides is 1. The van der Waals surface area contributed by atoms with E-state index in [1.54, 1.807) is 0 Å². The molecule has 0 saturated carbocycles. The highest BCUT2D eigenvalue weighted by atomic mass is 16.1. The Morgan fingerprint density at radius 2 is 1.86 bits per heavy atom. The van der Waals surface area contributed by atoms with Gasteiger partial charge in [0.25, 0.3) is 0 Å². The van der Waals surface area contributed by atoms with E-state index in [4.69, 9.17) is 5.73 Å². The number of nitrogens with two attached hydrogens (primary N) is 1. The topological polar surface area (TPSA) is 52.8 Å². The molecule has 2 atom stereocenters. The number of anilines is 1. The lowest BCUT2D eigenvalue weighted by Crippen LogP contribution is -2.54. The Morgan fingerprint density at radius 3 is 2.57 bits per heavy atom. The molecule has 1 saturated heterocycles. The van der Waals surface area contributed by atoms with Gasteiger partial charge in [0.15, 0.2) is 0 Å². The Morgan fingerprint density at radius 1 is 1.07 bits per heavy atom. The van der Waals surface area contributed by atoms with Gasteiger partial charge in [0, 0.05) is 50.4 Å². The van der Waals surface area contributed by atoms with Crippen LogP contribution in [0.3, 0.4) is 0 Å². The first kappa shape index (κ1) is 19.0. The number of carbonyl (C=O) groups excluding carboxylic acids is 1. The Balaban J connectivity index is 1.65. The number of hydrogen-bond acceptors (Lipinski definition) is 4. The lowest BCUT2D eigenvalue weighted by atomic mass is 9.84. The molecule has 148 valence electrons. The molecule has 2 aliphatic heterocycles. The monoisotopic (exact) mass is 378 g/mol. The summed E-state index contributed by atoms with van der Waals surface area (Å²) in [5.74, 6) is 0.159. The molecule has 1 amide bonds. The molecule has 1 fully saturated rings. The van der Waals surface area contributed by atoms with Gasteiger partial charge in [0.2, 0.25) is 5.91 Å². The number of benzene rings is 2. The third kappa shape index (κ3) is 3.77. The molecule has 0 spiro atoms. The second-order valence-corrected chi connectivity index (χ2v) is 8.25. The number of likely N-dealkylation sites (N-methyl/N-ethyl adjacent to an activating group) is 1. The van der Waals surface area contributed by atoms with E-state index >= 15 is 0 Å². The van der Waals surface area contributed by atoms with E-state index in [1.807, 2.05) is 0 Å². The van der Waals surface area contributed by atoms with Gasteiger partial charge in [-0.2, -0.15) is 0 Å². The Bertz CT molecular complexity index is 838. The number of hydrogen-bond donors (Lipinski definition) is 1. The number of primary amides is 1. The minimum atomic E-state index is -0.245. The van der Waals surface area contributed by atoms with Gasteiger partial charge in [-0.15, -0.1) is 0 Å². The highest BCUT2D eigenvalue weighted by Crippen LogP contribution is 2.38. The molecular formula is C23H30N4O. The Labute approximate surface area is 167 Å². The van der Waals surface area contributed by atoms with Crippen LogP contribution in [0.1, 0.15) is 29.5 Å². The molecule has 2 aromatic rings. The van der Waals surface area contributed by atoms with Crippen molar-refractivity contribution in [1.29, 1.82) is 0 Å². The molecule has 5 heteroatoms. The van der Waals surface area contributed by atoms with E-state index in [2.05, 4.69) is 77.2 Å². The van der Waals surface area contributed by atoms with Crippen molar-refractivity contribution in [2.24, 2.45) is 5.73 Å². The van der Waals surface area contributed by atoms with E-state index in [9.17, 15) is 4.79 Å². The van der Waals surface area contributed by atoms with E-state index < -0.39 is 0 Å². The Kier molecular flexibility index (Phi) is 5.38. The standard InChI is InChI=1S/C23H30N4O/c1-17-13-26(16-23(24)28)11-12-27(17)22-10-6-9-19-20(14-25(2)15-21(19)22)18-7-4-3-5-8-18/h3-10,17,20H,11-16H2,1-2H3,(H2,24,28). The van der Waals surface area contributed by atoms with Crippen molar-refractivity contribution in [2.45, 2.75) is 25.4 Å². The first-order chi connectivity index (χ1) is 13.5. The average Bonchev–Trinajstić information content (AvgIpc) is 2.67. The molecule has 4 rings (SSSR count). The van der Waals surface area contributed by atoms with Crippen molar-refractivity contribution in [1.82, 2.24) is 9.80 Å². The fourth-order valence-electron chi connectivity index (χ4n) is 4.83. The molecule has 28 heavy (non-hydrogen) atoms. The van der Waals surface area contributed by atoms with Crippen molar-refractivity contribution in [2.75, 3.05) is 44.7 Å². The van der Waals surface area contributed by atoms with Crippen molar-refractivity contribution < 1.29 is 4.79 Å². The summed E-state index contributed by atoms with van der Waals surface area (Å²) in [6, 6.07) is 18.0. The van der Waals surface area contributed by atoms with Gasteiger partial charge in [-0.25, -0.2) is 0 Å². The lowest BCUT2D eigenvalue weighted by Gasteiger charge is -2.43.